The van der Waals surface area contributed by atoms with Gasteiger partial charge in [-0.15, -0.1) is 0 Å². The molecule has 1 amide bonds. The van der Waals surface area contributed by atoms with Crippen LogP contribution in [0.4, 0.5) is 0 Å². The number of carbonyl (C=O) groups excluding carboxylic acids is 1. The molecule has 0 spiro atoms. The Balaban J connectivity index is 1.43. The van der Waals surface area contributed by atoms with E-state index in [9.17, 15) is 9.90 Å². The van der Waals surface area contributed by atoms with Crippen molar-refractivity contribution in [1.29, 1.82) is 0 Å². The van der Waals surface area contributed by atoms with Gasteiger partial charge in [-0.1, -0.05) is 35.5 Å². The molecule has 1 atom stereocenters. The first-order chi connectivity index (χ1) is 13.1. The van der Waals surface area contributed by atoms with Gasteiger partial charge in [-0.25, -0.2) is 0 Å². The Bertz CT molecular complexity index is 711. The van der Waals surface area contributed by atoms with Gasteiger partial charge in [-0.05, 0) is 43.8 Å². The average Bonchev–Trinajstić information content (AvgIpc) is 3.17. The van der Waals surface area contributed by atoms with Crippen molar-refractivity contribution >= 4 is 5.91 Å². The topological polar surface area (TPSA) is 98.8 Å². The van der Waals surface area contributed by atoms with Crippen LogP contribution in [-0.2, 0) is 13.0 Å². The van der Waals surface area contributed by atoms with Crippen molar-refractivity contribution in [3.8, 4) is 0 Å². The SMILES string of the molecule is O=C(NCC(O)CO)c1cc(CN2CCC(Cc3ccccc3)CC2)on1. The molecule has 2 heterocycles. The number of nitrogens with one attached hydrogen (secondary N) is 1. The van der Waals surface area contributed by atoms with Crippen molar-refractivity contribution in [3.63, 3.8) is 0 Å². The summed E-state index contributed by atoms with van der Waals surface area (Å²) >= 11 is 0. The van der Waals surface area contributed by atoms with E-state index in [0.717, 1.165) is 32.4 Å². The van der Waals surface area contributed by atoms with E-state index in [2.05, 4.69) is 39.6 Å². The van der Waals surface area contributed by atoms with Gasteiger partial charge in [0.15, 0.2) is 11.5 Å². The number of rotatable bonds is 8. The highest BCUT2D eigenvalue weighted by atomic mass is 16.5. The van der Waals surface area contributed by atoms with E-state index < -0.39 is 18.6 Å². The smallest absolute Gasteiger partial charge is 0.273 e. The summed E-state index contributed by atoms with van der Waals surface area (Å²) in [6.07, 6.45) is 2.45. The van der Waals surface area contributed by atoms with Gasteiger partial charge in [0, 0.05) is 12.6 Å². The van der Waals surface area contributed by atoms with Crippen LogP contribution in [0.1, 0.15) is 34.7 Å². The number of amides is 1. The maximum Gasteiger partial charge on any atom is 0.273 e. The van der Waals surface area contributed by atoms with Gasteiger partial charge >= 0.3 is 0 Å². The molecule has 1 aromatic carbocycles. The third-order valence-electron chi connectivity index (χ3n) is 4.95. The van der Waals surface area contributed by atoms with Crippen LogP contribution in [0, 0.1) is 5.92 Å². The van der Waals surface area contributed by atoms with Crippen LogP contribution in [0.2, 0.25) is 0 Å². The van der Waals surface area contributed by atoms with E-state index in [-0.39, 0.29) is 12.2 Å². The maximum absolute atomic E-state index is 11.9. The van der Waals surface area contributed by atoms with Crippen LogP contribution in [0.3, 0.4) is 0 Å². The molecule has 1 unspecified atom stereocenters. The predicted octanol–water partition coefficient (Wildman–Crippen LogP) is 1.21. The summed E-state index contributed by atoms with van der Waals surface area (Å²) in [6, 6.07) is 12.2. The largest absolute Gasteiger partial charge is 0.394 e. The number of carbonyl (C=O) groups is 1. The lowest BCUT2D eigenvalue weighted by Crippen LogP contribution is -2.34. The van der Waals surface area contributed by atoms with E-state index in [4.69, 9.17) is 9.63 Å². The van der Waals surface area contributed by atoms with Gasteiger partial charge in [0.25, 0.3) is 5.91 Å². The van der Waals surface area contributed by atoms with Gasteiger partial charge in [0.2, 0.25) is 0 Å². The van der Waals surface area contributed by atoms with Gasteiger partial charge in [0.05, 0.1) is 19.3 Å². The third kappa shape index (κ3) is 5.89. The molecule has 1 aliphatic rings. The Morgan fingerprint density at radius 1 is 1.30 bits per heavy atom. The first-order valence-corrected chi connectivity index (χ1v) is 9.43. The Morgan fingerprint density at radius 3 is 2.74 bits per heavy atom. The molecule has 1 saturated heterocycles. The summed E-state index contributed by atoms with van der Waals surface area (Å²) in [7, 11) is 0. The molecule has 3 rings (SSSR count). The second-order valence-corrected chi connectivity index (χ2v) is 7.13. The highest BCUT2D eigenvalue weighted by Gasteiger charge is 2.21. The van der Waals surface area contributed by atoms with Crippen LogP contribution < -0.4 is 5.32 Å². The minimum absolute atomic E-state index is 0.0214. The highest BCUT2D eigenvalue weighted by molar-refractivity contribution is 5.92. The number of hydrogen-bond donors (Lipinski definition) is 3. The molecule has 146 valence electrons. The van der Waals surface area contributed by atoms with Crippen molar-refractivity contribution in [2.45, 2.75) is 31.9 Å². The van der Waals surface area contributed by atoms with Crippen LogP contribution >= 0.6 is 0 Å². The fourth-order valence-electron chi connectivity index (χ4n) is 3.38. The molecule has 1 aliphatic heterocycles. The second kappa shape index (κ2) is 9.64. The molecular weight excluding hydrogens is 346 g/mol. The van der Waals surface area contributed by atoms with E-state index in [1.165, 1.54) is 5.56 Å². The molecule has 0 radical (unpaired) electrons. The molecular formula is C20H27N3O4. The van der Waals surface area contributed by atoms with E-state index in [1.54, 1.807) is 6.07 Å². The first-order valence-electron chi connectivity index (χ1n) is 9.43. The molecule has 0 saturated carbocycles. The Kier molecular flexibility index (Phi) is 6.98. The predicted molar refractivity (Wildman–Crippen MR) is 100 cm³/mol. The molecule has 1 aromatic heterocycles. The van der Waals surface area contributed by atoms with Crippen molar-refractivity contribution in [1.82, 2.24) is 15.4 Å². The molecule has 0 bridgehead atoms. The number of aliphatic hydroxyl groups is 2. The Labute approximate surface area is 159 Å². The maximum atomic E-state index is 11.9. The van der Waals surface area contributed by atoms with Crippen LogP contribution in [0.25, 0.3) is 0 Å². The summed E-state index contributed by atoms with van der Waals surface area (Å²) in [4.78, 5) is 14.3. The average molecular weight is 373 g/mol. The lowest BCUT2D eigenvalue weighted by Gasteiger charge is -2.31. The number of benzene rings is 1. The van der Waals surface area contributed by atoms with Gasteiger partial charge in [0.1, 0.15) is 0 Å². The quantitative estimate of drug-likeness (QED) is 0.643. The lowest BCUT2D eigenvalue weighted by atomic mass is 9.90. The first kappa shape index (κ1) is 19.5. The minimum atomic E-state index is -0.975. The zero-order valence-electron chi connectivity index (χ0n) is 15.4. The van der Waals surface area contributed by atoms with Crippen molar-refractivity contribution in [2.75, 3.05) is 26.2 Å². The summed E-state index contributed by atoms with van der Waals surface area (Å²) in [5.41, 5.74) is 1.59. The normalized spacial score (nSPS) is 17.0. The number of nitrogens with zero attached hydrogens (tertiary/aromatic N) is 2. The highest BCUT2D eigenvalue weighted by Crippen LogP contribution is 2.23. The fourth-order valence-corrected chi connectivity index (χ4v) is 3.38. The van der Waals surface area contributed by atoms with Gasteiger partial charge in [-0.3, -0.25) is 9.69 Å². The molecule has 2 aromatic rings. The number of aromatic nitrogens is 1. The summed E-state index contributed by atoms with van der Waals surface area (Å²) in [6.45, 7) is 2.22. The van der Waals surface area contributed by atoms with Gasteiger partial charge < -0.3 is 20.1 Å². The van der Waals surface area contributed by atoms with Crippen LogP contribution in [0.5, 0.6) is 0 Å². The van der Waals surface area contributed by atoms with Crippen molar-refractivity contribution in [3.05, 3.63) is 53.4 Å². The standard InChI is InChI=1S/C20H27N3O4/c24-14-17(25)12-21-20(26)19-11-18(27-22-19)13-23-8-6-16(7-9-23)10-15-4-2-1-3-5-15/h1-5,11,16-17,24-25H,6-10,12-14H2,(H,21,26). The monoisotopic (exact) mass is 373 g/mol. The van der Waals surface area contributed by atoms with Crippen molar-refractivity contribution < 1.29 is 19.5 Å². The summed E-state index contributed by atoms with van der Waals surface area (Å²) in [5, 5.41) is 24.3. The van der Waals surface area contributed by atoms with E-state index in [1.807, 2.05) is 6.07 Å². The summed E-state index contributed by atoms with van der Waals surface area (Å²) < 4.78 is 5.28. The molecule has 3 N–H and O–H groups in total. The number of piperidine rings is 1. The third-order valence-corrected chi connectivity index (χ3v) is 4.95. The zero-order chi connectivity index (χ0) is 19.1. The zero-order valence-corrected chi connectivity index (χ0v) is 15.4. The number of hydrogen-bond acceptors (Lipinski definition) is 6. The summed E-state index contributed by atoms with van der Waals surface area (Å²) in [5.74, 6) is 0.945. The van der Waals surface area contributed by atoms with Gasteiger partial charge in [-0.2, -0.15) is 0 Å². The second-order valence-electron chi connectivity index (χ2n) is 7.13. The van der Waals surface area contributed by atoms with Crippen LogP contribution in [0.15, 0.2) is 40.9 Å². The van der Waals surface area contributed by atoms with E-state index in [0.29, 0.717) is 18.2 Å². The Hall–Kier alpha value is -2.22. The fraction of sp³-hybridized carbons (Fsp3) is 0.500. The van der Waals surface area contributed by atoms with Crippen molar-refractivity contribution in [2.24, 2.45) is 5.92 Å². The molecule has 0 aliphatic carbocycles. The number of aliphatic hydroxyl groups excluding tert-OH is 2. The minimum Gasteiger partial charge on any atom is -0.394 e. The molecule has 7 heteroatoms. The number of likely N-dealkylation sites (tertiary alicyclic amines) is 1. The lowest BCUT2D eigenvalue weighted by molar-refractivity contribution is 0.0796. The molecule has 27 heavy (non-hydrogen) atoms. The molecule has 1 fully saturated rings. The van der Waals surface area contributed by atoms with E-state index >= 15 is 0 Å². The Morgan fingerprint density at radius 2 is 2.04 bits per heavy atom. The van der Waals surface area contributed by atoms with Crippen LogP contribution in [-0.4, -0.2) is 58.5 Å². The molecule has 7 nitrogen and oxygen atoms in total.